The summed E-state index contributed by atoms with van der Waals surface area (Å²) in [6.07, 6.45) is 5.24. The van der Waals surface area contributed by atoms with Crippen LogP contribution in [-0.2, 0) is 0 Å². The zero-order valence-electron chi connectivity index (χ0n) is 12.6. The summed E-state index contributed by atoms with van der Waals surface area (Å²) in [7, 11) is 0. The van der Waals surface area contributed by atoms with Gasteiger partial charge in [0.25, 0.3) is 0 Å². The van der Waals surface area contributed by atoms with Gasteiger partial charge in [-0.1, -0.05) is 23.2 Å². The van der Waals surface area contributed by atoms with Crippen LogP contribution in [0, 0.1) is 5.92 Å². The summed E-state index contributed by atoms with van der Waals surface area (Å²) >= 11 is 12.6. The predicted molar refractivity (Wildman–Crippen MR) is 90.2 cm³/mol. The van der Waals surface area contributed by atoms with Crippen molar-refractivity contribution in [3.8, 4) is 0 Å². The molecule has 2 fully saturated rings. The van der Waals surface area contributed by atoms with Gasteiger partial charge in [0.05, 0.1) is 0 Å². The molecule has 0 spiro atoms. The van der Waals surface area contributed by atoms with Gasteiger partial charge < -0.3 is 5.32 Å². The number of benzene rings is 1. The van der Waals surface area contributed by atoms with Crippen molar-refractivity contribution in [2.45, 2.75) is 44.7 Å². The van der Waals surface area contributed by atoms with Gasteiger partial charge in [-0.15, -0.1) is 0 Å². The van der Waals surface area contributed by atoms with Gasteiger partial charge >= 0.3 is 0 Å². The molecule has 1 atom stereocenters. The molecule has 1 heterocycles. The third-order valence-electron chi connectivity index (χ3n) is 4.85. The minimum absolute atomic E-state index is 0.346. The fourth-order valence-corrected chi connectivity index (χ4v) is 3.86. The third-order valence-corrected chi connectivity index (χ3v) is 5.43. The normalized spacial score (nSPS) is 21.7. The number of hydrogen-bond acceptors (Lipinski definition) is 2. The first-order valence-electron chi connectivity index (χ1n) is 8.06. The molecule has 1 N–H and O–H groups in total. The van der Waals surface area contributed by atoms with Gasteiger partial charge in [0.15, 0.2) is 0 Å². The van der Waals surface area contributed by atoms with Crippen LogP contribution in [0.25, 0.3) is 0 Å². The Kier molecular flexibility index (Phi) is 5.11. The van der Waals surface area contributed by atoms with Gasteiger partial charge in [0, 0.05) is 28.7 Å². The van der Waals surface area contributed by atoms with Gasteiger partial charge in [-0.2, -0.15) is 0 Å². The van der Waals surface area contributed by atoms with Crippen LogP contribution >= 0.6 is 23.2 Å². The van der Waals surface area contributed by atoms with Gasteiger partial charge in [-0.3, -0.25) is 4.90 Å². The van der Waals surface area contributed by atoms with E-state index >= 15 is 0 Å². The Morgan fingerprint density at radius 1 is 1.19 bits per heavy atom. The first kappa shape index (κ1) is 15.6. The molecule has 116 valence electrons. The van der Waals surface area contributed by atoms with Crippen LogP contribution in [0.3, 0.4) is 0 Å². The summed E-state index contributed by atoms with van der Waals surface area (Å²) in [5.74, 6) is 0.812. The second kappa shape index (κ2) is 6.87. The van der Waals surface area contributed by atoms with Crippen molar-refractivity contribution in [3.63, 3.8) is 0 Å². The lowest BCUT2D eigenvalue weighted by Gasteiger charge is -2.35. The molecule has 1 unspecified atom stereocenters. The lowest BCUT2D eigenvalue weighted by molar-refractivity contribution is 0.152. The van der Waals surface area contributed by atoms with Crippen LogP contribution in [-0.4, -0.2) is 30.6 Å². The van der Waals surface area contributed by atoms with Crippen LogP contribution in [0.15, 0.2) is 18.2 Å². The van der Waals surface area contributed by atoms with Crippen LogP contribution in [0.4, 0.5) is 0 Å². The largest absolute Gasteiger partial charge is 0.317 e. The molecule has 2 nitrogen and oxygen atoms in total. The average molecular weight is 327 g/mol. The van der Waals surface area contributed by atoms with Crippen molar-refractivity contribution in [1.82, 2.24) is 10.2 Å². The summed E-state index contributed by atoms with van der Waals surface area (Å²) in [4.78, 5) is 2.66. The van der Waals surface area contributed by atoms with Crippen molar-refractivity contribution < 1.29 is 0 Å². The first-order valence-corrected chi connectivity index (χ1v) is 8.82. The van der Waals surface area contributed by atoms with Crippen molar-refractivity contribution >= 4 is 23.2 Å². The summed E-state index contributed by atoms with van der Waals surface area (Å²) in [6.45, 7) is 5.79. The molecular formula is C17H24Cl2N2. The molecule has 0 bridgehead atoms. The highest BCUT2D eigenvalue weighted by Gasteiger charge is 2.34. The third kappa shape index (κ3) is 3.92. The number of nitrogens with zero attached hydrogens (tertiary/aromatic N) is 1. The second-order valence-corrected chi connectivity index (χ2v) is 7.31. The maximum absolute atomic E-state index is 6.41. The van der Waals surface area contributed by atoms with E-state index in [1.54, 1.807) is 0 Å². The number of halogens is 2. The van der Waals surface area contributed by atoms with E-state index in [2.05, 4.69) is 17.1 Å². The summed E-state index contributed by atoms with van der Waals surface area (Å²) < 4.78 is 0. The smallest absolute Gasteiger partial charge is 0.0454 e. The molecule has 1 saturated carbocycles. The van der Waals surface area contributed by atoms with Crippen LogP contribution in [0.2, 0.25) is 10.0 Å². The Morgan fingerprint density at radius 3 is 2.57 bits per heavy atom. The van der Waals surface area contributed by atoms with Gasteiger partial charge in [0.1, 0.15) is 0 Å². The van der Waals surface area contributed by atoms with Crippen molar-refractivity contribution in [2.24, 2.45) is 5.92 Å². The SMILES string of the molecule is CC(c1cc(Cl)ccc1Cl)N(CC1CCNCC1)C1CC1. The van der Waals surface area contributed by atoms with Gasteiger partial charge in [-0.25, -0.2) is 0 Å². The van der Waals surface area contributed by atoms with Crippen LogP contribution < -0.4 is 5.32 Å². The fraction of sp³-hybridized carbons (Fsp3) is 0.647. The Bertz CT molecular complexity index is 482. The molecule has 1 saturated heterocycles. The Balaban J connectivity index is 1.74. The lowest BCUT2D eigenvalue weighted by atomic mass is 9.96. The quantitative estimate of drug-likeness (QED) is 0.855. The van der Waals surface area contributed by atoms with E-state index in [-0.39, 0.29) is 0 Å². The topological polar surface area (TPSA) is 15.3 Å². The highest BCUT2D eigenvalue weighted by molar-refractivity contribution is 6.33. The Hall–Kier alpha value is -0.280. The number of nitrogens with one attached hydrogen (secondary N) is 1. The molecule has 1 aliphatic heterocycles. The molecule has 1 aromatic rings. The van der Waals surface area contributed by atoms with Crippen LogP contribution in [0.5, 0.6) is 0 Å². The van der Waals surface area contributed by atoms with Gasteiger partial charge in [-0.05, 0) is 75.4 Å². The van der Waals surface area contributed by atoms with E-state index in [1.165, 1.54) is 37.8 Å². The van der Waals surface area contributed by atoms with E-state index in [0.29, 0.717) is 6.04 Å². The molecule has 1 aromatic carbocycles. The van der Waals surface area contributed by atoms with Gasteiger partial charge in [0.2, 0.25) is 0 Å². The molecule has 3 rings (SSSR count). The first-order chi connectivity index (χ1) is 10.1. The van der Waals surface area contributed by atoms with E-state index < -0.39 is 0 Å². The maximum atomic E-state index is 6.41. The summed E-state index contributed by atoms with van der Waals surface area (Å²) in [5.41, 5.74) is 1.17. The summed E-state index contributed by atoms with van der Waals surface area (Å²) in [6, 6.07) is 6.91. The molecule has 4 heteroatoms. The fourth-order valence-electron chi connectivity index (χ4n) is 3.41. The minimum atomic E-state index is 0.346. The Morgan fingerprint density at radius 2 is 1.90 bits per heavy atom. The number of rotatable bonds is 5. The number of hydrogen-bond donors (Lipinski definition) is 1. The standard InChI is InChI=1S/C17H24Cl2N2/c1-12(16-10-14(18)2-5-17(16)19)21(15-3-4-15)11-13-6-8-20-9-7-13/h2,5,10,12-13,15,20H,3-4,6-9,11H2,1H3. The monoisotopic (exact) mass is 326 g/mol. The second-order valence-electron chi connectivity index (χ2n) is 6.46. The van der Waals surface area contributed by atoms with E-state index in [1.807, 2.05) is 18.2 Å². The molecule has 0 amide bonds. The van der Waals surface area contributed by atoms with Crippen molar-refractivity contribution in [3.05, 3.63) is 33.8 Å². The van der Waals surface area contributed by atoms with E-state index in [9.17, 15) is 0 Å². The summed E-state index contributed by atoms with van der Waals surface area (Å²) in [5, 5.41) is 5.07. The van der Waals surface area contributed by atoms with Crippen LogP contribution in [0.1, 0.15) is 44.2 Å². The molecular weight excluding hydrogens is 303 g/mol. The maximum Gasteiger partial charge on any atom is 0.0454 e. The lowest BCUT2D eigenvalue weighted by Crippen LogP contribution is -2.38. The molecule has 21 heavy (non-hydrogen) atoms. The minimum Gasteiger partial charge on any atom is -0.317 e. The molecule has 0 radical (unpaired) electrons. The number of piperidine rings is 1. The zero-order valence-corrected chi connectivity index (χ0v) is 14.1. The molecule has 2 aliphatic rings. The Labute approximate surface area is 137 Å². The molecule has 0 aromatic heterocycles. The highest BCUT2D eigenvalue weighted by atomic mass is 35.5. The zero-order chi connectivity index (χ0) is 14.8. The van der Waals surface area contributed by atoms with E-state index in [0.717, 1.165) is 35.1 Å². The van der Waals surface area contributed by atoms with Crippen molar-refractivity contribution in [1.29, 1.82) is 0 Å². The van der Waals surface area contributed by atoms with Crippen molar-refractivity contribution in [2.75, 3.05) is 19.6 Å². The highest BCUT2D eigenvalue weighted by Crippen LogP contribution is 2.38. The predicted octanol–water partition coefficient (Wildman–Crippen LogP) is 4.52. The van der Waals surface area contributed by atoms with E-state index in [4.69, 9.17) is 23.2 Å². The average Bonchev–Trinajstić information content (AvgIpc) is 3.32. The molecule has 1 aliphatic carbocycles.